The largest absolute Gasteiger partial charge is 0.323 e. The predicted molar refractivity (Wildman–Crippen MR) is 97.6 cm³/mol. The van der Waals surface area contributed by atoms with Gasteiger partial charge in [0.1, 0.15) is 11.6 Å². The number of sulfonamides is 1. The smallest absolute Gasteiger partial charge is 0.243 e. The monoisotopic (exact) mass is 394 g/mol. The van der Waals surface area contributed by atoms with Gasteiger partial charge >= 0.3 is 0 Å². The van der Waals surface area contributed by atoms with Crippen molar-refractivity contribution in [3.63, 3.8) is 0 Å². The molecule has 2 aromatic rings. The predicted octanol–water partition coefficient (Wildman–Crippen LogP) is 3.31. The van der Waals surface area contributed by atoms with E-state index in [-0.39, 0.29) is 23.7 Å². The normalized spacial score (nSPS) is 16.3. The van der Waals surface area contributed by atoms with Crippen molar-refractivity contribution < 1.29 is 22.0 Å². The van der Waals surface area contributed by atoms with Gasteiger partial charge in [-0.3, -0.25) is 4.79 Å². The van der Waals surface area contributed by atoms with Crippen molar-refractivity contribution in [2.75, 3.05) is 18.4 Å². The zero-order valence-corrected chi connectivity index (χ0v) is 15.6. The van der Waals surface area contributed by atoms with Gasteiger partial charge in [0.05, 0.1) is 10.6 Å². The summed E-state index contributed by atoms with van der Waals surface area (Å²) in [6.45, 7) is 2.30. The van der Waals surface area contributed by atoms with E-state index in [0.717, 1.165) is 11.6 Å². The van der Waals surface area contributed by atoms with Crippen LogP contribution < -0.4 is 5.32 Å². The molecule has 0 unspecified atom stereocenters. The summed E-state index contributed by atoms with van der Waals surface area (Å²) in [5.74, 6) is -2.39. The number of anilines is 1. The Kier molecular flexibility index (Phi) is 5.57. The number of halogens is 2. The summed E-state index contributed by atoms with van der Waals surface area (Å²) in [5, 5.41) is 2.45. The molecule has 3 rings (SSSR count). The number of nitrogens with zero attached hydrogens (tertiary/aromatic N) is 1. The highest BCUT2D eigenvalue weighted by molar-refractivity contribution is 7.89. The van der Waals surface area contributed by atoms with Crippen LogP contribution in [-0.2, 0) is 14.8 Å². The van der Waals surface area contributed by atoms with Crippen LogP contribution in [0.1, 0.15) is 18.4 Å². The van der Waals surface area contributed by atoms with E-state index in [1.807, 2.05) is 6.92 Å². The zero-order chi connectivity index (χ0) is 19.6. The van der Waals surface area contributed by atoms with E-state index in [1.165, 1.54) is 10.4 Å². The van der Waals surface area contributed by atoms with E-state index < -0.39 is 33.5 Å². The molecule has 0 saturated carbocycles. The van der Waals surface area contributed by atoms with Gasteiger partial charge < -0.3 is 5.32 Å². The quantitative estimate of drug-likeness (QED) is 0.865. The van der Waals surface area contributed by atoms with Crippen LogP contribution in [0, 0.1) is 24.5 Å². The summed E-state index contributed by atoms with van der Waals surface area (Å²) in [6.07, 6.45) is 0.666. The zero-order valence-electron chi connectivity index (χ0n) is 14.8. The first-order valence-corrected chi connectivity index (χ1v) is 10.0. The van der Waals surface area contributed by atoms with Gasteiger partial charge in [-0.2, -0.15) is 4.31 Å². The number of piperidine rings is 1. The molecule has 0 aliphatic carbocycles. The molecule has 1 aliphatic rings. The SMILES string of the molecule is Cc1ccc(S(=O)(=O)N2CCC(C(=O)Nc3ccc(F)cc3F)CC2)cc1. The van der Waals surface area contributed by atoms with E-state index in [0.29, 0.717) is 18.9 Å². The van der Waals surface area contributed by atoms with Crippen molar-refractivity contribution in [1.82, 2.24) is 4.31 Å². The van der Waals surface area contributed by atoms with Crippen LogP contribution in [0.2, 0.25) is 0 Å². The fourth-order valence-corrected chi connectivity index (χ4v) is 4.51. The average Bonchev–Trinajstić information content (AvgIpc) is 2.64. The minimum absolute atomic E-state index is 0.0869. The topological polar surface area (TPSA) is 66.5 Å². The van der Waals surface area contributed by atoms with Gasteiger partial charge in [-0.05, 0) is 44.0 Å². The summed E-state index contributed by atoms with van der Waals surface area (Å²) < 4.78 is 53.3. The molecule has 1 N–H and O–H groups in total. The number of hydrogen-bond acceptors (Lipinski definition) is 3. The number of aryl methyl sites for hydroxylation is 1. The molecule has 27 heavy (non-hydrogen) atoms. The van der Waals surface area contributed by atoms with Crippen molar-refractivity contribution >= 4 is 21.6 Å². The second-order valence-electron chi connectivity index (χ2n) is 6.60. The van der Waals surface area contributed by atoms with E-state index in [2.05, 4.69) is 5.32 Å². The lowest BCUT2D eigenvalue weighted by Gasteiger charge is -2.30. The standard InChI is InChI=1S/C19H20F2N2O3S/c1-13-2-5-16(6-3-13)27(25,26)23-10-8-14(9-11-23)19(24)22-18-7-4-15(20)12-17(18)21/h2-7,12,14H,8-11H2,1H3,(H,22,24). The Balaban J connectivity index is 1.62. The molecule has 1 heterocycles. The third kappa shape index (κ3) is 4.33. The van der Waals surface area contributed by atoms with Crippen LogP contribution in [0.4, 0.5) is 14.5 Å². The molecule has 0 atom stereocenters. The van der Waals surface area contributed by atoms with E-state index in [1.54, 1.807) is 24.3 Å². The molecule has 2 aromatic carbocycles. The first-order chi connectivity index (χ1) is 12.8. The summed E-state index contributed by atoms with van der Waals surface area (Å²) in [4.78, 5) is 12.6. The number of benzene rings is 2. The van der Waals surface area contributed by atoms with Crippen LogP contribution in [0.3, 0.4) is 0 Å². The molecule has 1 aliphatic heterocycles. The lowest BCUT2D eigenvalue weighted by atomic mass is 9.97. The highest BCUT2D eigenvalue weighted by Crippen LogP contribution is 2.25. The summed E-state index contributed by atoms with van der Waals surface area (Å²) in [7, 11) is -3.60. The number of carbonyl (C=O) groups excluding carboxylic acids is 1. The maximum atomic E-state index is 13.7. The minimum atomic E-state index is -3.60. The third-order valence-corrected chi connectivity index (χ3v) is 6.59. The Bertz CT molecular complexity index is 938. The highest BCUT2D eigenvalue weighted by atomic mass is 32.2. The van der Waals surface area contributed by atoms with Crippen molar-refractivity contribution in [2.24, 2.45) is 5.92 Å². The first kappa shape index (κ1) is 19.4. The van der Waals surface area contributed by atoms with Crippen LogP contribution in [0.15, 0.2) is 47.4 Å². The maximum Gasteiger partial charge on any atom is 0.243 e. The molecule has 0 radical (unpaired) electrons. The molecule has 1 fully saturated rings. The van der Waals surface area contributed by atoms with Crippen LogP contribution in [0.5, 0.6) is 0 Å². The van der Waals surface area contributed by atoms with Crippen molar-refractivity contribution in [3.05, 3.63) is 59.7 Å². The molecule has 0 aromatic heterocycles. The minimum Gasteiger partial charge on any atom is -0.323 e. The summed E-state index contributed by atoms with van der Waals surface area (Å²) in [6, 6.07) is 9.55. The van der Waals surface area contributed by atoms with Crippen LogP contribution in [-0.4, -0.2) is 31.7 Å². The lowest BCUT2D eigenvalue weighted by Crippen LogP contribution is -2.41. The van der Waals surface area contributed by atoms with Crippen molar-refractivity contribution in [1.29, 1.82) is 0 Å². The van der Waals surface area contributed by atoms with Gasteiger partial charge in [0.2, 0.25) is 15.9 Å². The van der Waals surface area contributed by atoms with E-state index in [4.69, 9.17) is 0 Å². The molecule has 144 valence electrons. The Morgan fingerprint density at radius 2 is 1.70 bits per heavy atom. The molecule has 0 spiro atoms. The van der Waals surface area contributed by atoms with Crippen LogP contribution >= 0.6 is 0 Å². The molecule has 1 saturated heterocycles. The van der Waals surface area contributed by atoms with Gasteiger partial charge in [0.15, 0.2) is 0 Å². The molecular formula is C19H20F2N2O3S. The molecule has 8 heteroatoms. The fraction of sp³-hybridized carbons (Fsp3) is 0.316. The Hall–Kier alpha value is -2.32. The van der Waals surface area contributed by atoms with Crippen molar-refractivity contribution in [2.45, 2.75) is 24.7 Å². The van der Waals surface area contributed by atoms with E-state index >= 15 is 0 Å². The van der Waals surface area contributed by atoms with Gasteiger partial charge in [-0.15, -0.1) is 0 Å². The average molecular weight is 394 g/mol. The van der Waals surface area contributed by atoms with Gasteiger partial charge in [0.25, 0.3) is 0 Å². The Labute approximate surface area is 157 Å². The first-order valence-electron chi connectivity index (χ1n) is 8.60. The third-order valence-electron chi connectivity index (χ3n) is 4.67. The number of hydrogen-bond donors (Lipinski definition) is 1. The van der Waals surface area contributed by atoms with Gasteiger partial charge in [-0.1, -0.05) is 17.7 Å². The Morgan fingerprint density at radius 3 is 2.30 bits per heavy atom. The number of amides is 1. The Morgan fingerprint density at radius 1 is 1.07 bits per heavy atom. The second-order valence-corrected chi connectivity index (χ2v) is 8.54. The summed E-state index contributed by atoms with van der Waals surface area (Å²) in [5.41, 5.74) is 0.883. The molecule has 5 nitrogen and oxygen atoms in total. The van der Waals surface area contributed by atoms with Gasteiger partial charge in [-0.25, -0.2) is 17.2 Å². The maximum absolute atomic E-state index is 13.7. The second kappa shape index (κ2) is 7.74. The summed E-state index contributed by atoms with van der Waals surface area (Å²) >= 11 is 0. The number of nitrogens with one attached hydrogen (secondary N) is 1. The number of rotatable bonds is 4. The molecule has 0 bridgehead atoms. The number of carbonyl (C=O) groups is 1. The van der Waals surface area contributed by atoms with Gasteiger partial charge in [0, 0.05) is 25.1 Å². The van der Waals surface area contributed by atoms with Crippen LogP contribution in [0.25, 0.3) is 0 Å². The molecule has 1 amide bonds. The molecular weight excluding hydrogens is 374 g/mol. The van der Waals surface area contributed by atoms with Crippen molar-refractivity contribution in [3.8, 4) is 0 Å². The highest BCUT2D eigenvalue weighted by Gasteiger charge is 2.32. The lowest BCUT2D eigenvalue weighted by molar-refractivity contribution is -0.120. The fourth-order valence-electron chi connectivity index (χ4n) is 3.04. The van der Waals surface area contributed by atoms with E-state index in [9.17, 15) is 22.0 Å².